The summed E-state index contributed by atoms with van der Waals surface area (Å²) in [7, 11) is 0. The number of hydrogen-bond donors (Lipinski definition) is 1. The first-order chi connectivity index (χ1) is 20.5. The van der Waals surface area contributed by atoms with Gasteiger partial charge in [-0.25, -0.2) is 32.8 Å². The molecule has 1 saturated heterocycles. The van der Waals surface area contributed by atoms with E-state index in [4.69, 9.17) is 16.3 Å². The number of rotatable bonds is 6. The molecule has 2 fully saturated rings. The Morgan fingerprint density at radius 2 is 1.95 bits per heavy atom. The molecule has 2 atom stereocenters. The fourth-order valence-corrected chi connectivity index (χ4v) is 6.30. The number of ether oxygens (including phenoxy) is 1. The van der Waals surface area contributed by atoms with Crippen molar-refractivity contribution >= 4 is 41.1 Å². The van der Waals surface area contributed by atoms with Gasteiger partial charge in [0, 0.05) is 41.4 Å². The predicted molar refractivity (Wildman–Crippen MR) is 146 cm³/mol. The number of nitrogens with one attached hydrogen (secondary N) is 1. The molecule has 14 heteroatoms. The molecule has 1 N–H and O–H groups in total. The van der Waals surface area contributed by atoms with Gasteiger partial charge in [0.1, 0.15) is 24.2 Å². The third kappa shape index (κ3) is 4.81. The van der Waals surface area contributed by atoms with E-state index in [1.54, 1.807) is 12.1 Å². The molecule has 2 aromatic carbocycles. The molecular weight excluding hydrogens is 589 g/mol. The van der Waals surface area contributed by atoms with Gasteiger partial charge in [-0.05, 0) is 48.7 Å². The number of amides is 3. The van der Waals surface area contributed by atoms with Crippen molar-refractivity contribution < 1.29 is 32.3 Å². The highest BCUT2D eigenvalue weighted by Crippen LogP contribution is 2.49. The normalized spacial score (nSPS) is 22.3. The van der Waals surface area contributed by atoms with Crippen LogP contribution in [0.15, 0.2) is 54.7 Å². The van der Waals surface area contributed by atoms with Crippen molar-refractivity contribution in [3.05, 3.63) is 82.4 Å². The number of carbonyl (C=O) groups is 3. The molecule has 43 heavy (non-hydrogen) atoms. The molecule has 0 unspecified atom stereocenters. The first kappa shape index (κ1) is 28.4. The van der Waals surface area contributed by atoms with Gasteiger partial charge in [0.2, 0.25) is 5.95 Å². The Kier molecular flexibility index (Phi) is 6.96. The van der Waals surface area contributed by atoms with Gasteiger partial charge < -0.3 is 10.1 Å². The van der Waals surface area contributed by atoms with Crippen LogP contribution in [-0.4, -0.2) is 52.5 Å². The van der Waals surface area contributed by atoms with Crippen LogP contribution in [0.4, 0.5) is 29.6 Å². The number of cyclic esters (lactones) is 1. The van der Waals surface area contributed by atoms with E-state index >= 15 is 0 Å². The minimum Gasteiger partial charge on any atom is -0.446 e. The van der Waals surface area contributed by atoms with Crippen molar-refractivity contribution in [2.45, 2.75) is 49.2 Å². The van der Waals surface area contributed by atoms with Crippen LogP contribution in [0.5, 0.6) is 0 Å². The number of benzene rings is 2. The summed E-state index contributed by atoms with van der Waals surface area (Å²) in [5.74, 6) is -5.60. The van der Waals surface area contributed by atoms with Gasteiger partial charge in [-0.3, -0.25) is 14.5 Å². The van der Waals surface area contributed by atoms with Crippen LogP contribution in [0, 0.1) is 17.1 Å². The number of hydrogen-bond acceptors (Lipinski definition) is 7. The van der Waals surface area contributed by atoms with Crippen molar-refractivity contribution in [3.8, 4) is 6.07 Å². The highest BCUT2D eigenvalue weighted by molar-refractivity contribution is 6.32. The first-order valence-corrected chi connectivity index (χ1v) is 13.7. The largest absolute Gasteiger partial charge is 0.446 e. The van der Waals surface area contributed by atoms with E-state index in [0.717, 1.165) is 21.9 Å². The van der Waals surface area contributed by atoms with Gasteiger partial charge in [-0.2, -0.15) is 5.26 Å². The molecule has 2 heterocycles. The molecule has 0 bridgehead atoms. The van der Waals surface area contributed by atoms with Gasteiger partial charge in [0.25, 0.3) is 17.7 Å². The molecule has 2 aliphatic carbocycles. The van der Waals surface area contributed by atoms with E-state index in [0.29, 0.717) is 5.56 Å². The van der Waals surface area contributed by atoms with Crippen LogP contribution < -0.4 is 15.1 Å². The SMILES string of the molecule is N#Cc1ccnc(N2C(=O)OC[C@H]2C(=O)N(c2cccc(F)c2)[C@@]2(C(=O)NC3CC(F)(F)C3)CCc3cccc(Cl)c32)n1. The predicted octanol–water partition coefficient (Wildman–Crippen LogP) is 4.25. The standard InChI is InChI=1S/C29H22ClF3N6O4/c30-21-6-1-3-16-7-9-29(23(16)21,25(41)36-19-12-28(32,33)13-19)39(20-5-2-4-17(31)11-20)24(40)22-15-43-27(42)38(22)26-35-10-8-18(14-34)37-26/h1-6,8,10-11,19,22H,7,9,12-13,15H2,(H,36,41)/t22-,29-/m0/s1. The van der Waals surface area contributed by atoms with E-state index < -0.39 is 66.7 Å². The fourth-order valence-electron chi connectivity index (χ4n) is 5.95. The van der Waals surface area contributed by atoms with Crippen LogP contribution >= 0.6 is 11.6 Å². The summed E-state index contributed by atoms with van der Waals surface area (Å²) >= 11 is 6.68. The number of carbonyl (C=O) groups excluding carboxylic acids is 3. The topological polar surface area (TPSA) is 129 Å². The molecule has 3 aromatic rings. The van der Waals surface area contributed by atoms with E-state index in [-0.39, 0.29) is 40.8 Å². The molecule has 6 rings (SSSR count). The van der Waals surface area contributed by atoms with Crippen molar-refractivity contribution in [2.75, 3.05) is 16.4 Å². The maximum absolute atomic E-state index is 14.7. The third-order valence-corrected chi connectivity index (χ3v) is 8.19. The van der Waals surface area contributed by atoms with Crippen LogP contribution in [-0.2, 0) is 26.3 Å². The molecule has 1 aromatic heterocycles. The van der Waals surface area contributed by atoms with Gasteiger partial charge in [0.05, 0.1) is 0 Å². The number of anilines is 2. The van der Waals surface area contributed by atoms with Crippen molar-refractivity contribution in [1.29, 1.82) is 5.26 Å². The second-order valence-electron chi connectivity index (χ2n) is 10.5. The summed E-state index contributed by atoms with van der Waals surface area (Å²) in [5, 5.41) is 12.1. The van der Waals surface area contributed by atoms with Crippen LogP contribution in [0.2, 0.25) is 5.02 Å². The highest BCUT2D eigenvalue weighted by Gasteiger charge is 2.58. The summed E-state index contributed by atoms with van der Waals surface area (Å²) in [6.07, 6.45) is -0.652. The lowest BCUT2D eigenvalue weighted by Gasteiger charge is -2.44. The van der Waals surface area contributed by atoms with Gasteiger partial charge in [-0.1, -0.05) is 29.8 Å². The second kappa shape index (κ2) is 10.5. The average Bonchev–Trinajstić information content (AvgIpc) is 3.54. The van der Waals surface area contributed by atoms with E-state index in [2.05, 4.69) is 15.3 Å². The molecule has 3 amide bonds. The zero-order valence-electron chi connectivity index (χ0n) is 22.3. The fraction of sp³-hybridized carbons (Fsp3) is 0.310. The number of alkyl halides is 2. The monoisotopic (exact) mass is 610 g/mol. The number of nitrogens with zero attached hydrogens (tertiary/aromatic N) is 5. The summed E-state index contributed by atoms with van der Waals surface area (Å²) in [6.45, 7) is -0.481. The highest BCUT2D eigenvalue weighted by atomic mass is 35.5. The van der Waals surface area contributed by atoms with E-state index in [9.17, 15) is 32.8 Å². The Balaban J connectivity index is 1.51. The molecule has 3 aliphatic rings. The number of halogens is 4. The molecule has 220 valence electrons. The summed E-state index contributed by atoms with van der Waals surface area (Å²) < 4.78 is 47.4. The lowest BCUT2D eigenvalue weighted by atomic mass is 9.83. The van der Waals surface area contributed by atoms with Crippen molar-refractivity contribution in [3.63, 3.8) is 0 Å². The Labute approximate surface area is 248 Å². The number of nitriles is 1. The summed E-state index contributed by atoms with van der Waals surface area (Å²) in [4.78, 5) is 51.9. The number of fused-ring (bicyclic) bond motifs is 1. The Hall–Kier alpha value is -4.70. The van der Waals surface area contributed by atoms with E-state index in [1.165, 1.54) is 30.5 Å². The Morgan fingerprint density at radius 3 is 2.67 bits per heavy atom. The molecule has 0 radical (unpaired) electrons. The zero-order valence-corrected chi connectivity index (χ0v) is 23.0. The minimum atomic E-state index is -2.94. The lowest BCUT2D eigenvalue weighted by molar-refractivity contribution is -0.137. The average molecular weight is 611 g/mol. The second-order valence-corrected chi connectivity index (χ2v) is 10.9. The summed E-state index contributed by atoms with van der Waals surface area (Å²) in [5.41, 5.74) is -1.15. The number of aryl methyl sites for hydroxylation is 1. The quantitative estimate of drug-likeness (QED) is 0.442. The molecule has 0 spiro atoms. The maximum atomic E-state index is 14.7. The Bertz CT molecular complexity index is 1690. The lowest BCUT2D eigenvalue weighted by Crippen LogP contribution is -2.64. The number of aromatic nitrogens is 2. The minimum absolute atomic E-state index is 0.0226. The maximum Gasteiger partial charge on any atom is 0.417 e. The van der Waals surface area contributed by atoms with Crippen LogP contribution in [0.3, 0.4) is 0 Å². The molecule has 1 saturated carbocycles. The Morgan fingerprint density at radius 1 is 1.19 bits per heavy atom. The van der Waals surface area contributed by atoms with Gasteiger partial charge in [-0.15, -0.1) is 0 Å². The molecule has 10 nitrogen and oxygen atoms in total. The first-order valence-electron chi connectivity index (χ1n) is 13.3. The van der Waals surface area contributed by atoms with Gasteiger partial charge in [0.15, 0.2) is 11.6 Å². The summed E-state index contributed by atoms with van der Waals surface area (Å²) in [6, 6.07) is 10.7. The van der Waals surface area contributed by atoms with Crippen LogP contribution in [0.1, 0.15) is 36.1 Å². The molecular formula is C29H22ClF3N6O4. The van der Waals surface area contributed by atoms with Crippen LogP contribution in [0.25, 0.3) is 0 Å². The smallest absolute Gasteiger partial charge is 0.417 e. The third-order valence-electron chi connectivity index (χ3n) is 7.87. The van der Waals surface area contributed by atoms with Crippen molar-refractivity contribution in [2.24, 2.45) is 0 Å². The zero-order chi connectivity index (χ0) is 30.5. The van der Waals surface area contributed by atoms with Gasteiger partial charge >= 0.3 is 6.09 Å². The van der Waals surface area contributed by atoms with E-state index in [1.807, 2.05) is 6.07 Å². The van der Waals surface area contributed by atoms with Crippen molar-refractivity contribution in [1.82, 2.24) is 15.3 Å². The molecule has 1 aliphatic heterocycles.